The standard InChI is InChI=1S/C20H14ClN3O2S/c21-20-23-15-9-10-27-17(15)18(24-20)22-11-13-7-4-8-14(16(13)19(25)26)12-5-2-1-3-6-12/h1-10H,11H2,(H,25,26)(H,22,23,24). The number of carbonyl (C=O) groups is 1. The van der Waals surface area contributed by atoms with Crippen LogP contribution < -0.4 is 5.32 Å². The lowest BCUT2D eigenvalue weighted by atomic mass is 9.95. The first-order chi connectivity index (χ1) is 13.1. The van der Waals surface area contributed by atoms with Crippen LogP contribution in [-0.4, -0.2) is 21.0 Å². The zero-order valence-electron chi connectivity index (χ0n) is 14.0. The maximum Gasteiger partial charge on any atom is 0.336 e. The molecule has 4 aromatic rings. The number of carboxylic acids is 1. The molecule has 0 amide bonds. The zero-order valence-corrected chi connectivity index (χ0v) is 15.6. The van der Waals surface area contributed by atoms with Gasteiger partial charge in [-0.1, -0.05) is 48.5 Å². The number of nitrogens with one attached hydrogen (secondary N) is 1. The third-order valence-electron chi connectivity index (χ3n) is 4.17. The van der Waals surface area contributed by atoms with E-state index in [1.54, 1.807) is 6.07 Å². The molecular formula is C20H14ClN3O2S. The fraction of sp³-hybridized carbons (Fsp3) is 0.0500. The van der Waals surface area contributed by atoms with Gasteiger partial charge in [0.15, 0.2) is 0 Å². The molecule has 27 heavy (non-hydrogen) atoms. The van der Waals surface area contributed by atoms with Gasteiger partial charge >= 0.3 is 5.97 Å². The molecule has 0 atom stereocenters. The van der Waals surface area contributed by atoms with Gasteiger partial charge in [0.1, 0.15) is 5.82 Å². The summed E-state index contributed by atoms with van der Waals surface area (Å²) in [6.45, 7) is 0.308. The van der Waals surface area contributed by atoms with Crippen molar-refractivity contribution < 1.29 is 9.90 Å². The first-order valence-electron chi connectivity index (χ1n) is 8.18. The molecule has 0 spiro atoms. The van der Waals surface area contributed by atoms with Gasteiger partial charge in [-0.05, 0) is 39.7 Å². The van der Waals surface area contributed by atoms with Crippen molar-refractivity contribution in [3.8, 4) is 11.1 Å². The van der Waals surface area contributed by atoms with Crippen LogP contribution in [0, 0.1) is 0 Å². The highest BCUT2D eigenvalue weighted by Gasteiger charge is 2.17. The monoisotopic (exact) mass is 395 g/mol. The Balaban J connectivity index is 1.72. The van der Waals surface area contributed by atoms with E-state index in [1.807, 2.05) is 53.9 Å². The smallest absolute Gasteiger partial charge is 0.336 e. The van der Waals surface area contributed by atoms with Gasteiger partial charge in [0.05, 0.1) is 15.8 Å². The topological polar surface area (TPSA) is 75.1 Å². The van der Waals surface area contributed by atoms with Crippen LogP contribution in [0.3, 0.4) is 0 Å². The molecule has 4 rings (SSSR count). The number of rotatable bonds is 5. The molecule has 0 aliphatic carbocycles. The highest BCUT2D eigenvalue weighted by molar-refractivity contribution is 7.17. The Bertz CT molecular complexity index is 1130. The van der Waals surface area contributed by atoms with E-state index in [0.717, 1.165) is 15.8 Å². The molecule has 0 aliphatic heterocycles. The van der Waals surface area contributed by atoms with Crippen LogP contribution in [0.2, 0.25) is 5.28 Å². The maximum atomic E-state index is 12.0. The van der Waals surface area contributed by atoms with E-state index in [9.17, 15) is 9.90 Å². The summed E-state index contributed by atoms with van der Waals surface area (Å²) in [5.41, 5.74) is 3.26. The molecule has 5 nitrogen and oxygen atoms in total. The molecule has 0 bridgehead atoms. The predicted octanol–water partition coefficient (Wildman–Crippen LogP) is 5.32. The van der Waals surface area contributed by atoms with Crippen molar-refractivity contribution in [1.82, 2.24) is 9.97 Å². The summed E-state index contributed by atoms with van der Waals surface area (Å²) in [7, 11) is 0. The van der Waals surface area contributed by atoms with Crippen molar-refractivity contribution in [2.45, 2.75) is 6.54 Å². The van der Waals surface area contributed by atoms with Crippen LogP contribution >= 0.6 is 22.9 Å². The number of hydrogen-bond acceptors (Lipinski definition) is 5. The summed E-state index contributed by atoms with van der Waals surface area (Å²) >= 11 is 7.50. The third-order valence-corrected chi connectivity index (χ3v) is 5.25. The Morgan fingerprint density at radius 3 is 2.67 bits per heavy atom. The van der Waals surface area contributed by atoms with E-state index >= 15 is 0 Å². The van der Waals surface area contributed by atoms with Gasteiger partial charge in [-0.2, -0.15) is 4.98 Å². The first-order valence-corrected chi connectivity index (χ1v) is 9.44. The fourth-order valence-corrected chi connectivity index (χ4v) is 3.96. The van der Waals surface area contributed by atoms with Crippen molar-refractivity contribution in [2.24, 2.45) is 0 Å². The highest BCUT2D eigenvalue weighted by atomic mass is 35.5. The van der Waals surface area contributed by atoms with E-state index in [1.165, 1.54) is 11.3 Å². The van der Waals surface area contributed by atoms with Crippen molar-refractivity contribution >= 4 is 44.9 Å². The number of thiophene rings is 1. The Labute approximate surface area is 164 Å². The van der Waals surface area contributed by atoms with E-state index in [0.29, 0.717) is 23.5 Å². The van der Waals surface area contributed by atoms with Gasteiger partial charge in [0.25, 0.3) is 0 Å². The second-order valence-electron chi connectivity index (χ2n) is 5.84. The minimum Gasteiger partial charge on any atom is -0.478 e. The number of halogens is 1. The highest BCUT2D eigenvalue weighted by Crippen LogP contribution is 2.30. The predicted molar refractivity (Wildman–Crippen MR) is 109 cm³/mol. The number of aromatic carboxylic acids is 1. The second-order valence-corrected chi connectivity index (χ2v) is 7.09. The number of nitrogens with zero attached hydrogens (tertiary/aromatic N) is 2. The molecule has 7 heteroatoms. The molecule has 2 aromatic carbocycles. The molecule has 0 fully saturated rings. The number of aromatic nitrogens is 2. The summed E-state index contributed by atoms with van der Waals surface area (Å²) in [6, 6.07) is 16.8. The quantitative estimate of drug-likeness (QED) is 0.447. The van der Waals surface area contributed by atoms with Crippen LogP contribution in [0.1, 0.15) is 15.9 Å². The van der Waals surface area contributed by atoms with Crippen molar-refractivity contribution in [3.05, 3.63) is 76.4 Å². The van der Waals surface area contributed by atoms with E-state index in [4.69, 9.17) is 11.6 Å². The lowest BCUT2D eigenvalue weighted by Crippen LogP contribution is -2.10. The molecule has 0 saturated heterocycles. The van der Waals surface area contributed by atoms with Gasteiger partial charge < -0.3 is 10.4 Å². The largest absolute Gasteiger partial charge is 0.478 e. The maximum absolute atomic E-state index is 12.0. The Morgan fingerprint density at radius 1 is 1.07 bits per heavy atom. The molecular weight excluding hydrogens is 382 g/mol. The van der Waals surface area contributed by atoms with E-state index < -0.39 is 5.97 Å². The van der Waals surface area contributed by atoms with Crippen LogP contribution in [0.25, 0.3) is 21.3 Å². The van der Waals surface area contributed by atoms with E-state index in [-0.39, 0.29) is 10.8 Å². The molecule has 134 valence electrons. The lowest BCUT2D eigenvalue weighted by molar-refractivity contribution is 0.0696. The Morgan fingerprint density at radius 2 is 1.89 bits per heavy atom. The Kier molecular flexibility index (Phi) is 4.75. The lowest BCUT2D eigenvalue weighted by Gasteiger charge is -2.13. The number of benzene rings is 2. The molecule has 0 saturated carbocycles. The van der Waals surface area contributed by atoms with Crippen molar-refractivity contribution in [3.63, 3.8) is 0 Å². The van der Waals surface area contributed by atoms with Crippen molar-refractivity contribution in [1.29, 1.82) is 0 Å². The molecule has 2 aromatic heterocycles. The average molecular weight is 396 g/mol. The summed E-state index contributed by atoms with van der Waals surface area (Å²) in [5, 5.41) is 15.1. The van der Waals surface area contributed by atoms with Gasteiger partial charge in [0.2, 0.25) is 5.28 Å². The Hall–Kier alpha value is -2.96. The third kappa shape index (κ3) is 3.49. The van der Waals surface area contributed by atoms with Gasteiger partial charge in [-0.3, -0.25) is 0 Å². The molecule has 0 radical (unpaired) electrons. The van der Waals surface area contributed by atoms with Gasteiger partial charge in [-0.25, -0.2) is 9.78 Å². The van der Waals surface area contributed by atoms with Crippen LogP contribution in [0.4, 0.5) is 5.82 Å². The minimum atomic E-state index is -0.965. The molecule has 2 N–H and O–H groups in total. The van der Waals surface area contributed by atoms with Gasteiger partial charge in [0, 0.05) is 6.54 Å². The molecule has 0 unspecified atom stereocenters. The first kappa shape index (κ1) is 17.5. The molecule has 2 heterocycles. The number of carboxylic acid groups (broad SMARTS) is 1. The van der Waals surface area contributed by atoms with E-state index in [2.05, 4.69) is 15.3 Å². The minimum absolute atomic E-state index is 0.153. The normalized spacial score (nSPS) is 10.9. The summed E-state index contributed by atoms with van der Waals surface area (Å²) in [5.74, 6) is -0.366. The molecule has 0 aliphatic rings. The average Bonchev–Trinajstić information content (AvgIpc) is 3.14. The van der Waals surface area contributed by atoms with Crippen LogP contribution in [0.5, 0.6) is 0 Å². The van der Waals surface area contributed by atoms with Crippen LogP contribution in [-0.2, 0) is 6.54 Å². The van der Waals surface area contributed by atoms with Crippen molar-refractivity contribution in [2.75, 3.05) is 5.32 Å². The summed E-state index contributed by atoms with van der Waals surface area (Å²) < 4.78 is 0.885. The number of hydrogen-bond donors (Lipinski definition) is 2. The van der Waals surface area contributed by atoms with Crippen LogP contribution in [0.15, 0.2) is 60.0 Å². The SMILES string of the molecule is O=C(O)c1c(CNc2nc(Cl)nc3ccsc23)cccc1-c1ccccc1. The van der Waals surface area contributed by atoms with Gasteiger partial charge in [-0.15, -0.1) is 11.3 Å². The second kappa shape index (κ2) is 7.34. The number of anilines is 1. The summed E-state index contributed by atoms with van der Waals surface area (Å²) in [4.78, 5) is 20.4. The summed E-state index contributed by atoms with van der Waals surface area (Å²) in [6.07, 6.45) is 0. The zero-order chi connectivity index (χ0) is 18.8. The fourth-order valence-electron chi connectivity index (χ4n) is 2.99. The number of fused-ring (bicyclic) bond motifs is 1.